The maximum Gasteiger partial charge on any atom is 0.306 e. The van der Waals surface area contributed by atoms with Gasteiger partial charge >= 0.3 is 5.97 Å². The summed E-state index contributed by atoms with van der Waals surface area (Å²) in [5.74, 6) is -0.251. The first-order valence-corrected chi connectivity index (χ1v) is 10.7. The number of pyridine rings is 2. The Balaban J connectivity index is 1.48. The van der Waals surface area contributed by atoms with E-state index in [1.807, 2.05) is 30.3 Å². The molecule has 0 aliphatic heterocycles. The second-order valence-corrected chi connectivity index (χ2v) is 8.37. The van der Waals surface area contributed by atoms with Crippen LogP contribution in [0.5, 0.6) is 0 Å². The average molecular weight is 440 g/mol. The van der Waals surface area contributed by atoms with Crippen molar-refractivity contribution in [3.63, 3.8) is 0 Å². The number of nitrogens with zero attached hydrogens (tertiary/aromatic N) is 2. The summed E-state index contributed by atoms with van der Waals surface area (Å²) in [4.78, 5) is 20.3. The van der Waals surface area contributed by atoms with Gasteiger partial charge in [0.05, 0.1) is 16.6 Å². The molecule has 4 rings (SSSR count). The van der Waals surface area contributed by atoms with Crippen LogP contribution in [0.25, 0.3) is 11.3 Å². The summed E-state index contributed by atoms with van der Waals surface area (Å²) < 4.78 is 13.4. The van der Waals surface area contributed by atoms with E-state index in [0.29, 0.717) is 35.4 Å². The van der Waals surface area contributed by atoms with Gasteiger partial charge in [-0.25, -0.2) is 9.37 Å². The molecule has 0 bridgehead atoms. The van der Waals surface area contributed by atoms with Gasteiger partial charge in [-0.1, -0.05) is 29.8 Å². The van der Waals surface area contributed by atoms with E-state index in [0.717, 1.165) is 36.1 Å². The topological polar surface area (TPSA) is 75.1 Å². The molecule has 1 aliphatic carbocycles. The lowest BCUT2D eigenvalue weighted by Crippen LogP contribution is -2.10. The first-order chi connectivity index (χ1) is 15.0. The first-order valence-electron chi connectivity index (χ1n) is 10.3. The zero-order valence-electron chi connectivity index (χ0n) is 16.9. The monoisotopic (exact) mass is 439 g/mol. The fourth-order valence-corrected chi connectivity index (χ4v) is 4.29. The number of anilines is 1. The number of aromatic nitrogens is 2. The maximum absolute atomic E-state index is 13.4. The van der Waals surface area contributed by atoms with Crippen LogP contribution in [0.2, 0.25) is 5.02 Å². The number of benzene rings is 1. The molecule has 3 aromatic rings. The number of halogens is 2. The third-order valence-corrected chi connectivity index (χ3v) is 5.99. The minimum absolute atomic E-state index is 0.251. The molecule has 7 heteroatoms. The molecule has 0 amide bonds. The second kappa shape index (κ2) is 9.43. The van der Waals surface area contributed by atoms with Crippen molar-refractivity contribution in [2.45, 2.75) is 32.2 Å². The van der Waals surface area contributed by atoms with E-state index in [1.165, 1.54) is 12.1 Å². The second-order valence-electron chi connectivity index (χ2n) is 7.97. The summed E-state index contributed by atoms with van der Waals surface area (Å²) in [7, 11) is 0. The van der Waals surface area contributed by atoms with Crippen molar-refractivity contribution in [3.05, 3.63) is 76.8 Å². The minimum atomic E-state index is -0.709. The summed E-state index contributed by atoms with van der Waals surface area (Å²) in [5.41, 5.74) is 3.21. The molecule has 160 valence electrons. The van der Waals surface area contributed by atoms with E-state index < -0.39 is 5.97 Å². The van der Waals surface area contributed by atoms with Gasteiger partial charge < -0.3 is 10.4 Å². The van der Waals surface area contributed by atoms with Crippen LogP contribution < -0.4 is 5.32 Å². The number of hydrogen-bond acceptors (Lipinski definition) is 4. The molecule has 0 radical (unpaired) electrons. The third-order valence-electron chi connectivity index (χ3n) is 5.69. The van der Waals surface area contributed by atoms with Crippen molar-refractivity contribution in [2.24, 2.45) is 11.8 Å². The standard InChI is InChI=1S/C24H23ClFN3O2/c25-21-14-27-19(11-15-7-8-17(9-15)24(30)31)12-20(21)22-5-2-6-23(29-22)28-13-16-3-1-4-18(26)10-16/h1-6,10,12,14-15,17H,7-9,11,13H2,(H,28,29)(H,30,31)/t15-,17+/m1/s1. The number of carbonyl (C=O) groups is 1. The van der Waals surface area contributed by atoms with Crippen molar-refractivity contribution in [2.75, 3.05) is 5.32 Å². The number of nitrogens with one attached hydrogen (secondary N) is 1. The number of carboxylic acid groups (broad SMARTS) is 1. The predicted octanol–water partition coefficient (Wildman–Crippen LogP) is 5.59. The van der Waals surface area contributed by atoms with E-state index in [1.54, 1.807) is 12.3 Å². The molecular formula is C24H23ClFN3O2. The van der Waals surface area contributed by atoms with Crippen LogP contribution in [-0.4, -0.2) is 21.0 Å². The fourth-order valence-electron chi connectivity index (χ4n) is 4.09. The fraction of sp³-hybridized carbons (Fsp3) is 0.292. The highest BCUT2D eigenvalue weighted by molar-refractivity contribution is 6.33. The van der Waals surface area contributed by atoms with Crippen molar-refractivity contribution < 1.29 is 14.3 Å². The van der Waals surface area contributed by atoms with Gasteiger partial charge in [0.15, 0.2) is 0 Å². The summed E-state index contributed by atoms with van der Waals surface area (Å²) in [6, 6.07) is 14.0. The molecule has 2 heterocycles. The Labute approximate surface area is 185 Å². The molecule has 0 saturated heterocycles. The largest absolute Gasteiger partial charge is 0.481 e. The lowest BCUT2D eigenvalue weighted by atomic mass is 9.98. The quantitative estimate of drug-likeness (QED) is 0.501. The molecule has 2 N–H and O–H groups in total. The number of rotatable bonds is 7. The third kappa shape index (κ3) is 5.39. The van der Waals surface area contributed by atoms with E-state index in [2.05, 4.69) is 15.3 Å². The lowest BCUT2D eigenvalue weighted by Gasteiger charge is -2.12. The average Bonchev–Trinajstić information content (AvgIpc) is 3.23. The highest BCUT2D eigenvalue weighted by Gasteiger charge is 2.30. The van der Waals surface area contributed by atoms with Crippen molar-refractivity contribution in [3.8, 4) is 11.3 Å². The molecule has 2 aromatic heterocycles. The molecule has 0 spiro atoms. The van der Waals surface area contributed by atoms with Gasteiger partial charge in [-0.3, -0.25) is 9.78 Å². The summed E-state index contributed by atoms with van der Waals surface area (Å²) in [6.07, 6.45) is 4.66. The van der Waals surface area contributed by atoms with Crippen molar-refractivity contribution >= 4 is 23.4 Å². The Morgan fingerprint density at radius 1 is 1.19 bits per heavy atom. The molecule has 0 unspecified atom stereocenters. The lowest BCUT2D eigenvalue weighted by molar-refractivity contribution is -0.141. The van der Waals surface area contributed by atoms with Gasteiger partial charge in [0.1, 0.15) is 11.6 Å². The van der Waals surface area contributed by atoms with Crippen LogP contribution in [0, 0.1) is 17.7 Å². The van der Waals surface area contributed by atoms with Crippen LogP contribution in [0.15, 0.2) is 54.7 Å². The van der Waals surface area contributed by atoms with Gasteiger partial charge in [0, 0.05) is 24.0 Å². The predicted molar refractivity (Wildman–Crippen MR) is 118 cm³/mol. The van der Waals surface area contributed by atoms with Gasteiger partial charge in [-0.2, -0.15) is 0 Å². The highest BCUT2D eigenvalue weighted by Crippen LogP contribution is 2.34. The van der Waals surface area contributed by atoms with E-state index >= 15 is 0 Å². The molecule has 2 atom stereocenters. The molecule has 1 fully saturated rings. The maximum atomic E-state index is 13.4. The molecular weight excluding hydrogens is 417 g/mol. The first kappa shape index (κ1) is 21.2. The van der Waals surface area contributed by atoms with Crippen LogP contribution in [-0.2, 0) is 17.8 Å². The zero-order valence-corrected chi connectivity index (χ0v) is 17.6. The van der Waals surface area contributed by atoms with E-state index in [9.17, 15) is 14.3 Å². The van der Waals surface area contributed by atoms with Gasteiger partial charge in [-0.05, 0) is 67.5 Å². The zero-order chi connectivity index (χ0) is 21.8. The van der Waals surface area contributed by atoms with Crippen molar-refractivity contribution in [1.82, 2.24) is 9.97 Å². The van der Waals surface area contributed by atoms with E-state index in [4.69, 9.17) is 11.6 Å². The minimum Gasteiger partial charge on any atom is -0.481 e. The molecule has 1 saturated carbocycles. The Kier molecular flexibility index (Phi) is 6.47. The smallest absolute Gasteiger partial charge is 0.306 e. The molecule has 31 heavy (non-hydrogen) atoms. The number of aliphatic carboxylic acids is 1. The van der Waals surface area contributed by atoms with Crippen LogP contribution >= 0.6 is 11.6 Å². The van der Waals surface area contributed by atoms with Gasteiger partial charge in [0.2, 0.25) is 0 Å². The number of hydrogen-bond donors (Lipinski definition) is 2. The Bertz CT molecular complexity index is 1090. The van der Waals surface area contributed by atoms with Gasteiger partial charge in [0.25, 0.3) is 0 Å². The normalized spacial score (nSPS) is 18.1. The Morgan fingerprint density at radius 3 is 2.81 bits per heavy atom. The van der Waals surface area contributed by atoms with Crippen molar-refractivity contribution in [1.29, 1.82) is 0 Å². The summed E-state index contributed by atoms with van der Waals surface area (Å²) >= 11 is 6.41. The highest BCUT2D eigenvalue weighted by atomic mass is 35.5. The molecule has 5 nitrogen and oxygen atoms in total. The molecule has 1 aromatic carbocycles. The van der Waals surface area contributed by atoms with Crippen LogP contribution in [0.3, 0.4) is 0 Å². The van der Waals surface area contributed by atoms with E-state index in [-0.39, 0.29) is 11.7 Å². The SMILES string of the molecule is O=C(O)[C@H]1CC[C@@H](Cc2cc(-c3cccc(NCc4cccc(F)c4)n3)c(Cl)cn2)C1. The van der Waals surface area contributed by atoms with Crippen LogP contribution in [0.1, 0.15) is 30.5 Å². The van der Waals surface area contributed by atoms with Gasteiger partial charge in [-0.15, -0.1) is 0 Å². The summed E-state index contributed by atoms with van der Waals surface area (Å²) in [6.45, 7) is 0.454. The Morgan fingerprint density at radius 2 is 2.03 bits per heavy atom. The number of carboxylic acids is 1. The van der Waals surface area contributed by atoms with Crippen LogP contribution in [0.4, 0.5) is 10.2 Å². The molecule has 1 aliphatic rings. The summed E-state index contributed by atoms with van der Waals surface area (Å²) in [5, 5.41) is 12.9. The Hall–Kier alpha value is -2.99.